The van der Waals surface area contributed by atoms with Gasteiger partial charge in [-0.15, -0.1) is 59.7 Å². The van der Waals surface area contributed by atoms with E-state index in [1.807, 2.05) is 18.2 Å². The first kappa shape index (κ1) is 18.9. The number of aromatic nitrogens is 3. The molecule has 0 spiro atoms. The van der Waals surface area contributed by atoms with Crippen molar-refractivity contribution in [2.45, 2.75) is 44.8 Å². The SMILES string of the molecule is [2H]c1c(C([2H])([2H])[2H])cnc(-c2[c-]cccc2)c1[2H].[2H]c1ccnc(-c2[c-]ccc3c2sc2nc(C4([2H])CCCCC4)ccc23)c1[2H].[Ir]. The number of thiophene rings is 1. The van der Waals surface area contributed by atoms with Crippen LogP contribution in [0.5, 0.6) is 0 Å². The third-order valence-electron chi connectivity index (χ3n) is 6.51. The number of aryl methyl sites for hydroxylation is 1. The average molecular weight is 712 g/mol. The van der Waals surface area contributed by atoms with E-state index >= 15 is 0 Å². The predicted molar refractivity (Wildman–Crippen MR) is 158 cm³/mol. The van der Waals surface area contributed by atoms with Crippen molar-refractivity contribution < 1.29 is 31.1 Å². The molecule has 0 atom stereocenters. The van der Waals surface area contributed by atoms with Gasteiger partial charge in [-0.3, -0.25) is 0 Å². The Labute approximate surface area is 259 Å². The van der Waals surface area contributed by atoms with Crippen LogP contribution in [0.4, 0.5) is 0 Å². The van der Waals surface area contributed by atoms with Gasteiger partial charge in [0.15, 0.2) is 0 Å². The fourth-order valence-corrected chi connectivity index (χ4v) is 5.82. The van der Waals surface area contributed by atoms with E-state index < -0.39 is 12.7 Å². The van der Waals surface area contributed by atoms with Gasteiger partial charge in [0, 0.05) is 49.6 Å². The smallest absolute Gasteiger partial charge is 0.114 e. The van der Waals surface area contributed by atoms with Crippen LogP contribution in [-0.4, -0.2) is 15.0 Å². The van der Waals surface area contributed by atoms with Crippen molar-refractivity contribution in [2.24, 2.45) is 0 Å². The average Bonchev–Trinajstić information content (AvgIpc) is 3.43. The molecule has 39 heavy (non-hydrogen) atoms. The minimum absolute atomic E-state index is 0. The second-order valence-corrected chi connectivity index (χ2v) is 10.0. The maximum atomic E-state index is 8.88. The number of pyridine rings is 3. The normalized spacial score (nSPS) is 17.5. The molecule has 1 fully saturated rings. The van der Waals surface area contributed by atoms with E-state index in [2.05, 4.69) is 28.2 Å². The standard InChI is InChI=1S/C22H19N2S.C12H10N.Ir/c1-2-7-15(8-3-1)19-13-12-17-16-9-6-10-18(20-11-4-5-14-23-20)21(16)25-22(17)24-19;1-10-7-8-12(13-9-10)11-5-3-2-4-6-11;/h4-6,9,11-15H,1-3,7-8H2;2-5,7-9H,1H3;/q2*-1;/i4D,11D,15D;1D3,7D,8D;. The van der Waals surface area contributed by atoms with Crippen LogP contribution >= 0.6 is 11.3 Å². The van der Waals surface area contributed by atoms with Gasteiger partial charge in [0.1, 0.15) is 4.83 Å². The Hall–Kier alpha value is -3.24. The molecule has 0 aliphatic heterocycles. The topological polar surface area (TPSA) is 38.7 Å². The molecule has 1 aliphatic rings. The number of fused-ring (bicyclic) bond motifs is 3. The molecule has 3 nitrogen and oxygen atoms in total. The molecule has 5 heteroatoms. The molecule has 7 rings (SSSR count). The van der Waals surface area contributed by atoms with Crippen LogP contribution in [0.25, 0.3) is 42.8 Å². The Morgan fingerprint density at radius 2 is 1.85 bits per heavy atom. The van der Waals surface area contributed by atoms with Crippen LogP contribution < -0.4 is 0 Å². The maximum absolute atomic E-state index is 8.88. The molecule has 0 saturated heterocycles. The van der Waals surface area contributed by atoms with E-state index in [1.54, 1.807) is 41.8 Å². The van der Waals surface area contributed by atoms with Gasteiger partial charge in [-0.25, -0.2) is 4.98 Å². The first-order valence-electron chi connectivity index (χ1n) is 16.6. The second kappa shape index (κ2) is 12.7. The molecule has 6 aromatic rings. The summed E-state index contributed by atoms with van der Waals surface area (Å²) in [6, 6.07) is 22.4. The summed E-state index contributed by atoms with van der Waals surface area (Å²) in [4.78, 5) is 14.1. The van der Waals surface area contributed by atoms with Gasteiger partial charge in [0.25, 0.3) is 0 Å². The fourth-order valence-electron chi connectivity index (χ4n) is 4.65. The summed E-state index contributed by atoms with van der Waals surface area (Å²) in [6.45, 7) is -2.42. The summed E-state index contributed by atoms with van der Waals surface area (Å²) >= 11 is 1.56. The molecule has 0 amide bonds. The largest absolute Gasteiger partial charge is 0.305 e. The molecule has 1 aliphatic carbocycles. The third kappa shape index (κ3) is 6.17. The first-order valence-corrected chi connectivity index (χ1v) is 13.4. The zero-order chi connectivity index (χ0) is 32.6. The van der Waals surface area contributed by atoms with Gasteiger partial charge in [-0.05, 0) is 58.9 Å². The Kier molecular flexibility index (Phi) is 6.19. The molecule has 0 N–H and O–H groups in total. The van der Waals surface area contributed by atoms with Gasteiger partial charge in [-0.2, -0.15) is 11.3 Å². The monoisotopic (exact) mass is 712 g/mol. The maximum Gasteiger partial charge on any atom is 0.114 e. The van der Waals surface area contributed by atoms with Crippen molar-refractivity contribution in [2.75, 3.05) is 0 Å². The van der Waals surface area contributed by atoms with Crippen LogP contribution in [-0.2, 0) is 20.1 Å². The summed E-state index contributed by atoms with van der Waals surface area (Å²) in [6.07, 6.45) is 7.85. The van der Waals surface area contributed by atoms with Crippen LogP contribution in [0.1, 0.15) is 60.2 Å². The molecule has 0 unspecified atom stereocenters. The van der Waals surface area contributed by atoms with Crippen LogP contribution in [0.3, 0.4) is 0 Å². The number of rotatable bonds is 3. The zero-order valence-electron chi connectivity index (χ0n) is 29.0. The molecule has 2 aromatic carbocycles. The number of benzene rings is 2. The van der Waals surface area contributed by atoms with E-state index in [9.17, 15) is 0 Å². The molecule has 4 heterocycles. The third-order valence-corrected chi connectivity index (χ3v) is 7.64. The van der Waals surface area contributed by atoms with Crippen LogP contribution in [0.15, 0.2) is 91.2 Å². The van der Waals surface area contributed by atoms with Crippen molar-refractivity contribution in [3.05, 3.63) is 115 Å². The van der Waals surface area contributed by atoms with Gasteiger partial charge >= 0.3 is 0 Å². The van der Waals surface area contributed by atoms with E-state index in [-0.39, 0.29) is 55.5 Å². The van der Waals surface area contributed by atoms with Crippen molar-refractivity contribution in [1.29, 1.82) is 0 Å². The quantitative estimate of drug-likeness (QED) is 0.172. The van der Waals surface area contributed by atoms with E-state index in [1.165, 1.54) is 12.5 Å². The van der Waals surface area contributed by atoms with Crippen molar-refractivity contribution in [1.82, 2.24) is 15.0 Å². The van der Waals surface area contributed by atoms with Crippen LogP contribution in [0.2, 0.25) is 0 Å². The van der Waals surface area contributed by atoms with Gasteiger partial charge in [0.05, 0.1) is 5.48 Å². The van der Waals surface area contributed by atoms with E-state index in [0.29, 0.717) is 11.3 Å². The van der Waals surface area contributed by atoms with Gasteiger partial charge < -0.3 is 9.97 Å². The molecule has 4 aromatic heterocycles. The second-order valence-electron chi connectivity index (χ2n) is 9.02. The Morgan fingerprint density at radius 3 is 2.69 bits per heavy atom. The van der Waals surface area contributed by atoms with Gasteiger partial charge in [-0.1, -0.05) is 54.9 Å². The van der Waals surface area contributed by atoms with Gasteiger partial charge in [0.2, 0.25) is 0 Å². The van der Waals surface area contributed by atoms with Crippen molar-refractivity contribution in [3.63, 3.8) is 0 Å². The summed E-state index contributed by atoms with van der Waals surface area (Å²) in [5, 5.41) is 2.12. The summed E-state index contributed by atoms with van der Waals surface area (Å²) in [5.41, 5.74) is 2.74. The molecule has 1 radical (unpaired) electrons. The first-order chi connectivity index (χ1) is 22.0. The van der Waals surface area contributed by atoms with Crippen molar-refractivity contribution >= 4 is 31.6 Å². The van der Waals surface area contributed by atoms with Crippen molar-refractivity contribution in [3.8, 4) is 22.5 Å². The van der Waals surface area contributed by atoms with Crippen LogP contribution in [0, 0.1) is 19.0 Å². The van der Waals surface area contributed by atoms with E-state index in [4.69, 9.17) is 16.0 Å². The Balaban J connectivity index is 0.000000199. The predicted octanol–water partition coefficient (Wildman–Crippen LogP) is 9.21. The Morgan fingerprint density at radius 1 is 0.923 bits per heavy atom. The molecular weight excluding hydrogens is 675 g/mol. The molecule has 197 valence electrons. The zero-order valence-corrected chi connectivity index (χ0v) is 24.2. The summed E-state index contributed by atoms with van der Waals surface area (Å²) in [7, 11) is 0. The number of nitrogens with zero attached hydrogens (tertiary/aromatic N) is 3. The molecule has 1 saturated carbocycles. The molecular formula is C34H29IrN3S-2. The number of hydrogen-bond donors (Lipinski definition) is 0. The Bertz CT molecular complexity index is 2040. The minimum Gasteiger partial charge on any atom is -0.305 e. The van der Waals surface area contributed by atoms with E-state index in [0.717, 1.165) is 63.4 Å². The summed E-state index contributed by atoms with van der Waals surface area (Å²) < 4.78 is 63.4. The number of hydrogen-bond acceptors (Lipinski definition) is 4. The molecule has 0 bridgehead atoms. The fraction of sp³-hybridized carbons (Fsp3) is 0.206. The minimum atomic E-state index is -2.42. The summed E-state index contributed by atoms with van der Waals surface area (Å²) in [5.74, 6) is -0.576.